The quantitative estimate of drug-likeness (QED) is 0.230. The van der Waals surface area contributed by atoms with Crippen molar-refractivity contribution in [1.82, 2.24) is 0 Å². The molecule has 2 fully saturated rings. The van der Waals surface area contributed by atoms with Crippen LogP contribution in [0.3, 0.4) is 0 Å². The van der Waals surface area contributed by atoms with Crippen LogP contribution in [0.5, 0.6) is 0 Å². The average molecular weight is 431 g/mol. The van der Waals surface area contributed by atoms with Crippen molar-refractivity contribution in [3.8, 4) is 0 Å². The van der Waals surface area contributed by atoms with Crippen LogP contribution in [0.25, 0.3) is 0 Å². The molecule has 3 aliphatic rings. The molecule has 2 heteroatoms. The molecule has 2 unspecified atom stereocenters. The Morgan fingerprint density at radius 1 is 1.13 bits per heavy atom. The maximum Gasteiger partial charge on any atom is 0.302 e. The first kappa shape index (κ1) is 24.8. The second-order valence-electron chi connectivity index (χ2n) is 12.0. The number of ether oxygens (including phenoxy) is 1. The summed E-state index contributed by atoms with van der Waals surface area (Å²) < 4.78 is 5.62. The molecule has 0 amide bonds. The van der Waals surface area contributed by atoms with Gasteiger partial charge in [-0.25, -0.2) is 0 Å². The second-order valence-corrected chi connectivity index (χ2v) is 12.0. The van der Waals surface area contributed by atoms with E-state index in [2.05, 4.69) is 33.8 Å². The molecular weight excluding hydrogens is 380 g/mol. The second kappa shape index (κ2) is 11.4. The van der Waals surface area contributed by atoms with Crippen LogP contribution in [0.4, 0.5) is 0 Å². The summed E-state index contributed by atoms with van der Waals surface area (Å²) in [5.74, 6) is 4.39. The minimum Gasteiger partial charge on any atom is -0.462 e. The minimum absolute atomic E-state index is 0.0886. The van der Waals surface area contributed by atoms with Crippen LogP contribution >= 0.6 is 0 Å². The van der Waals surface area contributed by atoms with Gasteiger partial charge in [0.2, 0.25) is 0 Å². The van der Waals surface area contributed by atoms with Crippen LogP contribution in [0, 0.1) is 35.0 Å². The molecule has 0 bridgehead atoms. The summed E-state index contributed by atoms with van der Waals surface area (Å²) in [7, 11) is 0. The fourth-order valence-electron chi connectivity index (χ4n) is 7.61. The number of rotatable bonds is 7. The first-order valence-electron chi connectivity index (χ1n) is 13.6. The smallest absolute Gasteiger partial charge is 0.302 e. The first-order valence-corrected chi connectivity index (χ1v) is 13.6. The summed E-state index contributed by atoms with van der Waals surface area (Å²) in [6.07, 6.45) is 21.4. The summed E-state index contributed by atoms with van der Waals surface area (Å²) in [4.78, 5) is 11.5. The molecule has 0 aliphatic heterocycles. The molecule has 0 heterocycles. The Morgan fingerprint density at radius 2 is 1.94 bits per heavy atom. The fraction of sp³-hybridized carbons (Fsp3) is 0.897. The first-order chi connectivity index (χ1) is 14.8. The van der Waals surface area contributed by atoms with Gasteiger partial charge in [0.05, 0.1) is 0 Å². The zero-order valence-corrected chi connectivity index (χ0v) is 21.3. The molecule has 178 valence electrons. The lowest BCUT2D eigenvalue weighted by Crippen LogP contribution is -2.41. The third-order valence-corrected chi connectivity index (χ3v) is 9.34. The SMILES string of the molecule is CC(=O)O[C@H]1CCCC2CC[C@@]3(C)C(CC[C@@H]3CCCCCC(C)C)[C@@H]2C/C=C(\C)C1. The molecule has 2 nitrogen and oxygen atoms in total. The van der Waals surface area contributed by atoms with Crippen LogP contribution in [-0.4, -0.2) is 12.1 Å². The number of hydrogen-bond donors (Lipinski definition) is 0. The van der Waals surface area contributed by atoms with Gasteiger partial charge >= 0.3 is 5.97 Å². The van der Waals surface area contributed by atoms with Crippen molar-refractivity contribution in [3.63, 3.8) is 0 Å². The maximum absolute atomic E-state index is 11.5. The van der Waals surface area contributed by atoms with Crippen molar-refractivity contribution in [2.24, 2.45) is 35.0 Å². The van der Waals surface area contributed by atoms with Crippen molar-refractivity contribution < 1.29 is 9.53 Å². The Bertz CT molecular complexity index is 606. The van der Waals surface area contributed by atoms with E-state index in [1.54, 1.807) is 6.92 Å². The molecule has 3 aliphatic carbocycles. The van der Waals surface area contributed by atoms with Gasteiger partial charge in [0, 0.05) is 13.3 Å². The van der Waals surface area contributed by atoms with E-state index in [0.29, 0.717) is 5.41 Å². The van der Waals surface area contributed by atoms with Crippen molar-refractivity contribution in [1.29, 1.82) is 0 Å². The molecule has 0 N–H and O–H groups in total. The van der Waals surface area contributed by atoms with E-state index in [0.717, 1.165) is 42.4 Å². The van der Waals surface area contributed by atoms with Crippen LogP contribution in [0.15, 0.2) is 11.6 Å². The topological polar surface area (TPSA) is 26.3 Å². The van der Waals surface area contributed by atoms with Gasteiger partial charge in [0.1, 0.15) is 6.10 Å². The zero-order valence-electron chi connectivity index (χ0n) is 21.3. The molecule has 31 heavy (non-hydrogen) atoms. The van der Waals surface area contributed by atoms with E-state index < -0.39 is 0 Å². The van der Waals surface area contributed by atoms with Crippen molar-refractivity contribution in [2.75, 3.05) is 0 Å². The molecule has 3 rings (SSSR count). The highest BCUT2D eigenvalue weighted by atomic mass is 16.5. The number of fused-ring (bicyclic) bond motifs is 3. The highest BCUT2D eigenvalue weighted by Crippen LogP contribution is 2.61. The van der Waals surface area contributed by atoms with E-state index in [1.165, 1.54) is 82.6 Å². The number of carbonyl (C=O) groups excluding carboxylic acids is 1. The van der Waals surface area contributed by atoms with Crippen molar-refractivity contribution >= 4 is 5.97 Å². The predicted octanol–water partition coefficient (Wildman–Crippen LogP) is 8.49. The van der Waals surface area contributed by atoms with E-state index in [4.69, 9.17) is 4.74 Å². The van der Waals surface area contributed by atoms with Gasteiger partial charge in [0.15, 0.2) is 0 Å². The highest BCUT2D eigenvalue weighted by Gasteiger charge is 2.52. The van der Waals surface area contributed by atoms with Gasteiger partial charge in [0.25, 0.3) is 0 Å². The van der Waals surface area contributed by atoms with Gasteiger partial charge < -0.3 is 4.74 Å². The van der Waals surface area contributed by atoms with Crippen LogP contribution in [0.1, 0.15) is 125 Å². The lowest BCUT2D eigenvalue weighted by atomic mass is 9.56. The number of carbonyl (C=O) groups is 1. The normalized spacial score (nSPS) is 38.1. The van der Waals surface area contributed by atoms with Crippen molar-refractivity contribution in [2.45, 2.75) is 131 Å². The zero-order chi connectivity index (χ0) is 22.4. The van der Waals surface area contributed by atoms with Crippen LogP contribution in [0.2, 0.25) is 0 Å². The highest BCUT2D eigenvalue weighted by molar-refractivity contribution is 5.66. The predicted molar refractivity (Wildman–Crippen MR) is 131 cm³/mol. The minimum atomic E-state index is -0.123. The Balaban J connectivity index is 1.61. The molecule has 0 saturated heterocycles. The summed E-state index contributed by atoms with van der Waals surface area (Å²) >= 11 is 0. The Morgan fingerprint density at radius 3 is 2.68 bits per heavy atom. The molecule has 2 saturated carbocycles. The number of unbranched alkanes of at least 4 members (excludes halogenated alkanes) is 2. The van der Waals surface area contributed by atoms with E-state index in [1.807, 2.05) is 0 Å². The van der Waals surface area contributed by atoms with E-state index in [9.17, 15) is 4.79 Å². The van der Waals surface area contributed by atoms with Crippen LogP contribution < -0.4 is 0 Å². The number of allylic oxidation sites excluding steroid dienone is 1. The molecule has 0 spiro atoms. The molecule has 0 aromatic heterocycles. The maximum atomic E-state index is 11.5. The summed E-state index contributed by atoms with van der Waals surface area (Å²) in [5.41, 5.74) is 2.02. The van der Waals surface area contributed by atoms with Gasteiger partial charge in [-0.1, -0.05) is 64.5 Å². The number of esters is 1. The van der Waals surface area contributed by atoms with E-state index >= 15 is 0 Å². The summed E-state index contributed by atoms with van der Waals surface area (Å²) in [6, 6.07) is 0. The average Bonchev–Trinajstić information content (AvgIpc) is 3.02. The Hall–Kier alpha value is -0.790. The fourth-order valence-corrected chi connectivity index (χ4v) is 7.61. The standard InChI is InChI=1S/C29H50O2/c1-21(2)10-7-6-8-12-25-15-17-28-27-16-14-22(3)20-26(31-23(4)30)13-9-11-24(27)18-19-29(25,28)5/h14,21,24-28H,6-13,15-20H2,1-5H3/b22-14+/t24?,25-,26-,27+,28?,29+/m0/s1. The third-order valence-electron chi connectivity index (χ3n) is 9.34. The number of hydrogen-bond acceptors (Lipinski definition) is 2. The van der Waals surface area contributed by atoms with E-state index in [-0.39, 0.29) is 12.1 Å². The van der Waals surface area contributed by atoms with Gasteiger partial charge in [-0.3, -0.25) is 4.79 Å². The van der Waals surface area contributed by atoms with Gasteiger partial charge in [-0.15, -0.1) is 0 Å². The third kappa shape index (κ3) is 6.61. The molecule has 0 radical (unpaired) electrons. The lowest BCUT2D eigenvalue weighted by molar-refractivity contribution is -0.146. The van der Waals surface area contributed by atoms with Crippen molar-refractivity contribution in [3.05, 3.63) is 11.6 Å². The Kier molecular flexibility index (Phi) is 9.11. The molecule has 0 aromatic rings. The molecular formula is C29H50O2. The molecule has 6 atom stereocenters. The summed E-state index contributed by atoms with van der Waals surface area (Å²) in [6.45, 7) is 11.2. The summed E-state index contributed by atoms with van der Waals surface area (Å²) in [5, 5.41) is 0. The lowest BCUT2D eigenvalue weighted by Gasteiger charge is -2.49. The monoisotopic (exact) mass is 430 g/mol. The van der Waals surface area contributed by atoms with Gasteiger partial charge in [-0.05, 0) is 93.3 Å². The molecule has 0 aromatic carbocycles. The van der Waals surface area contributed by atoms with Gasteiger partial charge in [-0.2, -0.15) is 0 Å². The largest absolute Gasteiger partial charge is 0.462 e. The van der Waals surface area contributed by atoms with Crippen LogP contribution in [-0.2, 0) is 9.53 Å². The Labute approximate surface area is 193 Å².